The molecule has 0 aliphatic rings. The molecule has 0 aliphatic heterocycles. The maximum Gasteiger partial charge on any atom is 0.422 e. The number of alkyl halides is 3. The van der Waals surface area contributed by atoms with E-state index in [4.69, 9.17) is 4.74 Å². The largest absolute Gasteiger partial charge is 0.483 e. The zero-order valence-corrected chi connectivity index (χ0v) is 17.4. The van der Waals surface area contributed by atoms with Gasteiger partial charge in [-0.1, -0.05) is 44.2 Å². The van der Waals surface area contributed by atoms with Crippen LogP contribution in [0.3, 0.4) is 0 Å². The number of carbonyl (C=O) groups excluding carboxylic acids is 2. The lowest BCUT2D eigenvalue weighted by atomic mass is 10.0. The van der Waals surface area contributed by atoms with E-state index in [2.05, 4.69) is 15.4 Å². The topological polar surface area (TPSA) is 100 Å². The van der Waals surface area contributed by atoms with Crippen LogP contribution in [0.4, 0.5) is 23.7 Å². The second kappa shape index (κ2) is 11.0. The first-order valence-corrected chi connectivity index (χ1v) is 9.61. The smallest absolute Gasteiger partial charge is 0.422 e. The van der Waals surface area contributed by atoms with E-state index in [9.17, 15) is 28.0 Å². The lowest BCUT2D eigenvalue weighted by Gasteiger charge is -2.21. The Balaban J connectivity index is 2.01. The van der Waals surface area contributed by atoms with E-state index in [0.29, 0.717) is 0 Å². The normalized spacial score (nSPS) is 11.9. The molecule has 170 valence electrons. The van der Waals surface area contributed by atoms with Crippen molar-refractivity contribution >= 4 is 17.7 Å². The minimum absolute atomic E-state index is 0.0318. The molecule has 7 nitrogen and oxygen atoms in total. The highest BCUT2D eigenvalue weighted by Crippen LogP contribution is 2.25. The van der Waals surface area contributed by atoms with Gasteiger partial charge in [-0.3, -0.25) is 4.79 Å². The lowest BCUT2D eigenvalue weighted by molar-refractivity contribution is -0.153. The van der Waals surface area contributed by atoms with Gasteiger partial charge in [-0.2, -0.15) is 18.4 Å². The molecule has 0 fully saturated rings. The summed E-state index contributed by atoms with van der Waals surface area (Å²) in [6.07, 6.45) is -5.33. The Labute approximate surface area is 183 Å². The molecular weight excluding hydrogens is 427 g/mol. The van der Waals surface area contributed by atoms with E-state index < -0.39 is 30.8 Å². The van der Waals surface area contributed by atoms with E-state index in [0.717, 1.165) is 11.6 Å². The molecule has 2 aromatic rings. The van der Waals surface area contributed by atoms with Crippen molar-refractivity contribution in [3.05, 3.63) is 59.7 Å². The average Bonchev–Trinajstić information content (AvgIpc) is 2.74. The zero-order valence-electron chi connectivity index (χ0n) is 17.4. The molecule has 32 heavy (non-hydrogen) atoms. The summed E-state index contributed by atoms with van der Waals surface area (Å²) in [6.45, 7) is 1.93. The molecular formula is C22H22F3N3O4. The van der Waals surface area contributed by atoms with E-state index in [-0.39, 0.29) is 29.5 Å². The highest BCUT2D eigenvalue weighted by molar-refractivity contribution is 5.97. The molecule has 0 saturated heterocycles. The monoisotopic (exact) mass is 449 g/mol. The third-order valence-corrected chi connectivity index (χ3v) is 4.19. The Morgan fingerprint density at radius 2 is 1.81 bits per heavy atom. The van der Waals surface area contributed by atoms with Gasteiger partial charge < -0.3 is 20.1 Å². The summed E-state index contributed by atoms with van der Waals surface area (Å²) in [4.78, 5) is 24.8. The molecule has 10 heteroatoms. The van der Waals surface area contributed by atoms with Gasteiger partial charge >= 0.3 is 12.3 Å². The first-order valence-electron chi connectivity index (χ1n) is 9.61. The number of carbonyl (C=O) groups is 2. The fourth-order valence-corrected chi connectivity index (χ4v) is 2.63. The summed E-state index contributed by atoms with van der Waals surface area (Å²) in [7, 11) is 0. The van der Waals surface area contributed by atoms with Crippen LogP contribution in [0.1, 0.15) is 25.0 Å². The van der Waals surface area contributed by atoms with Crippen molar-refractivity contribution in [3.8, 4) is 11.8 Å². The Kier molecular flexibility index (Phi) is 8.46. The van der Waals surface area contributed by atoms with E-state index >= 15 is 0 Å². The predicted molar refractivity (Wildman–Crippen MR) is 110 cm³/mol. The molecule has 0 saturated carbocycles. The predicted octanol–water partition coefficient (Wildman–Crippen LogP) is 4.39. The maximum atomic E-state index is 12.7. The fourth-order valence-electron chi connectivity index (χ4n) is 2.63. The standard InChI is InChI=1S/C22H22F3N3O4/c1-14(2)19(28-21(30)31-12-15-6-4-3-5-7-15)20(29)27-17-8-9-18(16(10-17)11-26)32-13-22(23,24)25/h3-10,14,19H,12-13H2,1-2H3,(H,27,29)(H,28,30)/t19-/m0/s1. The van der Waals surface area contributed by atoms with Crippen LogP contribution in [-0.4, -0.2) is 30.8 Å². The van der Waals surface area contributed by atoms with E-state index in [1.54, 1.807) is 44.2 Å². The Morgan fingerprint density at radius 1 is 1.12 bits per heavy atom. The molecule has 0 heterocycles. The average molecular weight is 449 g/mol. The number of hydrogen-bond donors (Lipinski definition) is 2. The number of rotatable bonds is 8. The van der Waals surface area contributed by atoms with Crippen LogP contribution in [0.2, 0.25) is 0 Å². The van der Waals surface area contributed by atoms with Crippen molar-refractivity contribution in [2.24, 2.45) is 5.92 Å². The number of anilines is 1. The Bertz CT molecular complexity index is 973. The molecule has 0 unspecified atom stereocenters. The van der Waals surface area contributed by atoms with Crippen LogP contribution < -0.4 is 15.4 Å². The van der Waals surface area contributed by atoms with Gasteiger partial charge in [0.15, 0.2) is 6.61 Å². The van der Waals surface area contributed by atoms with Crippen LogP contribution in [0.25, 0.3) is 0 Å². The Hall–Kier alpha value is -3.74. The highest BCUT2D eigenvalue weighted by atomic mass is 19.4. The van der Waals surface area contributed by atoms with Crippen LogP contribution in [0, 0.1) is 17.2 Å². The summed E-state index contributed by atoms with van der Waals surface area (Å²) in [5.41, 5.74) is 0.768. The van der Waals surface area contributed by atoms with Gasteiger partial charge in [0.2, 0.25) is 5.91 Å². The first-order chi connectivity index (χ1) is 15.1. The van der Waals surface area contributed by atoms with Crippen LogP contribution in [0.5, 0.6) is 5.75 Å². The van der Waals surface area contributed by atoms with Gasteiger partial charge in [-0.25, -0.2) is 4.79 Å². The summed E-state index contributed by atoms with van der Waals surface area (Å²) < 4.78 is 46.8. The lowest BCUT2D eigenvalue weighted by Crippen LogP contribution is -2.47. The molecule has 0 radical (unpaired) electrons. The van der Waals surface area contributed by atoms with Gasteiger partial charge in [0, 0.05) is 5.69 Å². The molecule has 2 aromatic carbocycles. The summed E-state index contributed by atoms with van der Waals surface area (Å²) >= 11 is 0. The van der Waals surface area contributed by atoms with Crippen LogP contribution >= 0.6 is 0 Å². The summed E-state index contributed by atoms with van der Waals surface area (Å²) in [5.74, 6) is -1.14. The van der Waals surface area contributed by atoms with Crippen molar-refractivity contribution in [1.29, 1.82) is 5.26 Å². The van der Waals surface area contributed by atoms with Crippen molar-refractivity contribution in [2.75, 3.05) is 11.9 Å². The molecule has 1 atom stereocenters. The summed E-state index contributed by atoms with van der Waals surface area (Å²) in [6, 6.07) is 13.4. The second-order valence-electron chi connectivity index (χ2n) is 7.14. The highest BCUT2D eigenvalue weighted by Gasteiger charge is 2.29. The van der Waals surface area contributed by atoms with E-state index in [1.165, 1.54) is 12.1 Å². The van der Waals surface area contributed by atoms with Gasteiger partial charge in [-0.15, -0.1) is 0 Å². The minimum Gasteiger partial charge on any atom is -0.483 e. The van der Waals surface area contributed by atoms with Gasteiger partial charge in [0.1, 0.15) is 24.5 Å². The number of nitrogens with zero attached hydrogens (tertiary/aromatic N) is 1. The van der Waals surface area contributed by atoms with Gasteiger partial charge in [0.05, 0.1) is 5.56 Å². The molecule has 2 N–H and O–H groups in total. The van der Waals surface area contributed by atoms with Crippen LogP contribution in [-0.2, 0) is 16.1 Å². The molecule has 0 spiro atoms. The zero-order chi connectivity index (χ0) is 23.7. The van der Waals surface area contributed by atoms with Gasteiger partial charge in [-0.05, 0) is 29.7 Å². The molecule has 0 aromatic heterocycles. The number of benzene rings is 2. The minimum atomic E-state index is -4.55. The SMILES string of the molecule is CC(C)[C@H](NC(=O)OCc1ccccc1)C(=O)Nc1ccc(OCC(F)(F)F)c(C#N)c1. The molecule has 2 rings (SSSR count). The first kappa shape index (κ1) is 24.5. The van der Waals surface area contributed by atoms with Crippen molar-refractivity contribution in [1.82, 2.24) is 5.32 Å². The van der Waals surface area contributed by atoms with Crippen molar-refractivity contribution < 1.29 is 32.2 Å². The Morgan fingerprint density at radius 3 is 2.41 bits per heavy atom. The van der Waals surface area contributed by atoms with Crippen molar-refractivity contribution in [3.63, 3.8) is 0 Å². The number of nitrogens with one attached hydrogen (secondary N) is 2. The molecule has 0 aliphatic carbocycles. The molecule has 2 amide bonds. The summed E-state index contributed by atoms with van der Waals surface area (Å²) in [5, 5.41) is 14.2. The van der Waals surface area contributed by atoms with Crippen LogP contribution in [0.15, 0.2) is 48.5 Å². The maximum absolute atomic E-state index is 12.7. The quantitative estimate of drug-likeness (QED) is 0.623. The second-order valence-corrected chi connectivity index (χ2v) is 7.14. The van der Waals surface area contributed by atoms with Gasteiger partial charge in [0.25, 0.3) is 0 Å². The number of nitriles is 1. The molecule has 0 bridgehead atoms. The number of alkyl carbamates (subject to hydrolysis) is 1. The number of ether oxygens (including phenoxy) is 2. The third-order valence-electron chi connectivity index (χ3n) is 4.19. The fraction of sp³-hybridized carbons (Fsp3) is 0.318. The number of hydrogen-bond acceptors (Lipinski definition) is 5. The van der Waals surface area contributed by atoms with Crippen molar-refractivity contribution in [2.45, 2.75) is 32.7 Å². The van der Waals surface area contributed by atoms with E-state index in [1.807, 2.05) is 6.07 Å². The number of halogens is 3. The third kappa shape index (κ3) is 7.83. The number of amides is 2.